The Labute approximate surface area is 104 Å². The average molecular weight is 246 g/mol. The maximum Gasteiger partial charge on any atom is 0.407 e. The van der Waals surface area contributed by atoms with Gasteiger partial charge in [0.05, 0.1) is 0 Å². The monoisotopic (exact) mass is 246 g/mol. The fourth-order valence-electron chi connectivity index (χ4n) is 1.31. The minimum atomic E-state index is -0.459. The summed E-state index contributed by atoms with van der Waals surface area (Å²) in [6.45, 7) is 12.6. The Balaban J connectivity index is 3.76. The van der Waals surface area contributed by atoms with Crippen molar-refractivity contribution < 1.29 is 14.3 Å². The van der Waals surface area contributed by atoms with E-state index in [0.29, 0.717) is 13.2 Å². The van der Waals surface area contributed by atoms with Crippen LogP contribution in [-0.4, -0.2) is 37.1 Å². The van der Waals surface area contributed by atoms with Crippen molar-refractivity contribution in [2.45, 2.75) is 59.4 Å². The standard InChI is InChI=1S/C12H26N2O3/c1-7-16-10(3)14-9(2)8-13-11(15)17-12(4,5)6/h9-10,14H,7-8H2,1-6H3,(H,13,15). The largest absolute Gasteiger partial charge is 0.444 e. The van der Waals surface area contributed by atoms with Crippen LogP contribution in [0.25, 0.3) is 0 Å². The van der Waals surface area contributed by atoms with E-state index < -0.39 is 11.7 Å². The Kier molecular flexibility index (Phi) is 7.15. The zero-order chi connectivity index (χ0) is 13.5. The molecule has 0 rings (SSSR count). The normalized spacial score (nSPS) is 15.2. The summed E-state index contributed by atoms with van der Waals surface area (Å²) in [4.78, 5) is 11.4. The predicted octanol–water partition coefficient (Wildman–Crippen LogP) is 1.87. The number of amides is 1. The highest BCUT2D eigenvalue weighted by Gasteiger charge is 2.16. The quantitative estimate of drug-likeness (QED) is 0.702. The lowest BCUT2D eigenvalue weighted by molar-refractivity contribution is 0.0401. The lowest BCUT2D eigenvalue weighted by atomic mass is 10.2. The van der Waals surface area contributed by atoms with E-state index >= 15 is 0 Å². The second-order valence-electron chi connectivity index (χ2n) is 5.05. The molecule has 0 radical (unpaired) electrons. The van der Waals surface area contributed by atoms with Crippen LogP contribution in [0.4, 0.5) is 4.79 Å². The Morgan fingerprint density at radius 1 is 1.29 bits per heavy atom. The van der Waals surface area contributed by atoms with Crippen molar-refractivity contribution in [2.24, 2.45) is 0 Å². The first-order chi connectivity index (χ1) is 7.74. The molecule has 2 unspecified atom stereocenters. The van der Waals surface area contributed by atoms with E-state index in [4.69, 9.17) is 9.47 Å². The van der Waals surface area contributed by atoms with Gasteiger partial charge in [0.2, 0.25) is 0 Å². The number of alkyl carbamates (subject to hydrolysis) is 1. The molecular formula is C12H26N2O3. The maximum absolute atomic E-state index is 11.4. The van der Waals surface area contributed by atoms with E-state index in [2.05, 4.69) is 10.6 Å². The summed E-state index contributed by atoms with van der Waals surface area (Å²) in [6, 6.07) is 0.129. The van der Waals surface area contributed by atoms with E-state index in [9.17, 15) is 4.79 Å². The molecule has 0 aliphatic rings. The third-order valence-electron chi connectivity index (χ3n) is 1.89. The number of hydrogen-bond acceptors (Lipinski definition) is 4. The van der Waals surface area contributed by atoms with Gasteiger partial charge in [-0.3, -0.25) is 5.32 Å². The molecule has 0 saturated heterocycles. The van der Waals surface area contributed by atoms with E-state index in [1.165, 1.54) is 0 Å². The number of ether oxygens (including phenoxy) is 2. The summed E-state index contributed by atoms with van der Waals surface area (Å²) in [5.74, 6) is 0. The molecule has 0 saturated carbocycles. The minimum Gasteiger partial charge on any atom is -0.444 e. The highest BCUT2D eigenvalue weighted by atomic mass is 16.6. The van der Waals surface area contributed by atoms with Gasteiger partial charge in [-0.15, -0.1) is 0 Å². The first-order valence-corrected chi connectivity index (χ1v) is 6.09. The lowest BCUT2D eigenvalue weighted by Gasteiger charge is -2.22. The maximum atomic E-state index is 11.4. The molecule has 2 atom stereocenters. The first-order valence-electron chi connectivity index (χ1n) is 6.09. The van der Waals surface area contributed by atoms with Crippen molar-refractivity contribution in [1.82, 2.24) is 10.6 Å². The van der Waals surface area contributed by atoms with Crippen LogP contribution in [0.3, 0.4) is 0 Å². The molecule has 0 aliphatic carbocycles. The predicted molar refractivity (Wildman–Crippen MR) is 67.9 cm³/mol. The van der Waals surface area contributed by atoms with Crippen molar-refractivity contribution in [2.75, 3.05) is 13.2 Å². The Bertz CT molecular complexity index is 226. The zero-order valence-electron chi connectivity index (χ0n) is 11.8. The summed E-state index contributed by atoms with van der Waals surface area (Å²) in [7, 11) is 0. The van der Waals surface area contributed by atoms with Crippen LogP contribution in [0, 0.1) is 0 Å². The van der Waals surface area contributed by atoms with Crippen molar-refractivity contribution in [3.63, 3.8) is 0 Å². The second-order valence-corrected chi connectivity index (χ2v) is 5.05. The topological polar surface area (TPSA) is 59.6 Å². The molecule has 2 N–H and O–H groups in total. The van der Waals surface area contributed by atoms with Gasteiger partial charge >= 0.3 is 6.09 Å². The van der Waals surface area contributed by atoms with Gasteiger partial charge in [-0.1, -0.05) is 0 Å². The molecule has 102 valence electrons. The zero-order valence-corrected chi connectivity index (χ0v) is 11.8. The molecule has 0 aromatic heterocycles. The van der Waals surface area contributed by atoms with E-state index in [-0.39, 0.29) is 12.3 Å². The van der Waals surface area contributed by atoms with Crippen molar-refractivity contribution in [3.05, 3.63) is 0 Å². The summed E-state index contributed by atoms with van der Waals surface area (Å²) >= 11 is 0. The number of carbonyl (C=O) groups excluding carboxylic acids is 1. The van der Waals surface area contributed by atoms with Gasteiger partial charge in [-0.25, -0.2) is 4.79 Å². The van der Waals surface area contributed by atoms with Crippen LogP contribution in [-0.2, 0) is 9.47 Å². The van der Waals surface area contributed by atoms with Gasteiger partial charge in [-0.05, 0) is 41.5 Å². The minimum absolute atomic E-state index is 0.0181. The van der Waals surface area contributed by atoms with Crippen LogP contribution < -0.4 is 10.6 Å². The van der Waals surface area contributed by atoms with Crippen LogP contribution >= 0.6 is 0 Å². The fraction of sp³-hybridized carbons (Fsp3) is 0.917. The van der Waals surface area contributed by atoms with Crippen molar-refractivity contribution in [3.8, 4) is 0 Å². The van der Waals surface area contributed by atoms with E-state index in [0.717, 1.165) is 0 Å². The number of carbonyl (C=O) groups is 1. The van der Waals surface area contributed by atoms with Gasteiger partial charge in [0.1, 0.15) is 11.8 Å². The Morgan fingerprint density at radius 3 is 2.35 bits per heavy atom. The summed E-state index contributed by atoms with van der Waals surface area (Å²) in [5.41, 5.74) is -0.459. The molecule has 5 heteroatoms. The molecule has 0 spiro atoms. The molecule has 17 heavy (non-hydrogen) atoms. The molecule has 0 fully saturated rings. The molecule has 0 aromatic rings. The lowest BCUT2D eigenvalue weighted by Crippen LogP contribution is -2.44. The number of nitrogens with one attached hydrogen (secondary N) is 2. The highest BCUT2D eigenvalue weighted by molar-refractivity contribution is 5.67. The summed E-state index contributed by atoms with van der Waals surface area (Å²) < 4.78 is 10.5. The smallest absolute Gasteiger partial charge is 0.407 e. The Hall–Kier alpha value is -0.810. The molecule has 1 amide bonds. The molecule has 0 bridgehead atoms. The molecule has 0 heterocycles. The number of rotatable bonds is 6. The molecule has 0 aromatic carbocycles. The van der Waals surface area contributed by atoms with Gasteiger partial charge in [-0.2, -0.15) is 0 Å². The Morgan fingerprint density at radius 2 is 1.88 bits per heavy atom. The van der Waals surface area contributed by atoms with Crippen LogP contribution in [0.2, 0.25) is 0 Å². The fourth-order valence-corrected chi connectivity index (χ4v) is 1.31. The van der Waals surface area contributed by atoms with Crippen LogP contribution in [0.1, 0.15) is 41.5 Å². The van der Waals surface area contributed by atoms with Gasteiger partial charge < -0.3 is 14.8 Å². The van der Waals surface area contributed by atoms with Gasteiger partial charge in [0.15, 0.2) is 0 Å². The summed E-state index contributed by atoms with van der Waals surface area (Å²) in [6.07, 6.45) is -0.411. The molecule has 0 aliphatic heterocycles. The second kappa shape index (κ2) is 7.50. The third kappa shape index (κ3) is 10.1. The molecule has 5 nitrogen and oxygen atoms in total. The van der Waals surface area contributed by atoms with Gasteiger partial charge in [0.25, 0.3) is 0 Å². The van der Waals surface area contributed by atoms with Crippen LogP contribution in [0.5, 0.6) is 0 Å². The highest BCUT2D eigenvalue weighted by Crippen LogP contribution is 2.06. The number of hydrogen-bond donors (Lipinski definition) is 2. The van der Waals surface area contributed by atoms with Crippen molar-refractivity contribution >= 4 is 6.09 Å². The first kappa shape index (κ1) is 16.2. The van der Waals surface area contributed by atoms with E-state index in [1.807, 2.05) is 41.5 Å². The molecular weight excluding hydrogens is 220 g/mol. The SMILES string of the molecule is CCOC(C)NC(C)CNC(=O)OC(C)(C)C. The van der Waals surface area contributed by atoms with Gasteiger partial charge in [0, 0.05) is 19.2 Å². The van der Waals surface area contributed by atoms with Crippen molar-refractivity contribution in [1.29, 1.82) is 0 Å². The summed E-state index contributed by atoms with van der Waals surface area (Å²) in [5, 5.41) is 5.91. The van der Waals surface area contributed by atoms with Crippen LogP contribution in [0.15, 0.2) is 0 Å². The van der Waals surface area contributed by atoms with E-state index in [1.54, 1.807) is 0 Å². The average Bonchev–Trinajstić information content (AvgIpc) is 2.12. The third-order valence-corrected chi connectivity index (χ3v) is 1.89.